The highest BCUT2D eigenvalue weighted by atomic mass is 16.5. The molecule has 108 heavy (non-hydrogen) atoms. The van der Waals surface area contributed by atoms with E-state index in [0.29, 0.717) is 77.7 Å². The van der Waals surface area contributed by atoms with Crippen molar-refractivity contribution in [2.45, 2.75) is 111 Å². The van der Waals surface area contributed by atoms with E-state index in [1.807, 2.05) is 13.8 Å². The minimum absolute atomic E-state index is 0.0369. The first kappa shape index (κ1) is 102. The normalized spacial score (nSPS) is 13.8. The second kappa shape index (κ2) is 70.8. The van der Waals surface area contributed by atoms with Crippen molar-refractivity contribution in [2.24, 2.45) is 23.3 Å². The number of hydrogen-bond donors (Lipinski definition) is 13. The van der Waals surface area contributed by atoms with Crippen LogP contribution in [0.2, 0.25) is 0 Å². The molecule has 10 amide bonds. The average molecular weight is 1550 g/mol. The smallest absolute Gasteiger partial charge is 0.317 e. The summed E-state index contributed by atoms with van der Waals surface area (Å²) in [6.07, 6.45) is 5.75. The maximum absolute atomic E-state index is 13.2. The van der Waals surface area contributed by atoms with E-state index in [2.05, 4.69) is 61.4 Å². The molecule has 0 aliphatic carbocycles. The molecule has 1 saturated heterocycles. The van der Waals surface area contributed by atoms with E-state index in [0.717, 1.165) is 12.8 Å². The van der Waals surface area contributed by atoms with Crippen LogP contribution in [0, 0.1) is 11.8 Å². The lowest BCUT2D eigenvalue weighted by Gasteiger charge is -2.32. The van der Waals surface area contributed by atoms with Gasteiger partial charge in [-0.1, -0.05) is 53.7 Å². The molecule has 0 aromatic carbocycles. The van der Waals surface area contributed by atoms with E-state index in [1.54, 1.807) is 33.4 Å². The quantitative estimate of drug-likeness (QED) is 0.0211. The average Bonchev–Trinajstić information content (AvgIpc) is 0.902. The van der Waals surface area contributed by atoms with Gasteiger partial charge in [0.1, 0.15) is 32.5 Å². The predicted molar refractivity (Wildman–Crippen MR) is 396 cm³/mol. The number of carbonyl (C=O) groups is 13. The van der Waals surface area contributed by atoms with Gasteiger partial charge in [0.2, 0.25) is 59.1 Å². The Balaban J connectivity index is 0. The Labute approximate surface area is 635 Å². The summed E-state index contributed by atoms with van der Waals surface area (Å²) in [6.45, 7) is 17.9. The van der Waals surface area contributed by atoms with Crippen LogP contribution in [0.25, 0.3) is 0 Å². The van der Waals surface area contributed by atoms with Crippen molar-refractivity contribution < 1.29 is 116 Å². The van der Waals surface area contributed by atoms with Crippen molar-refractivity contribution in [1.82, 2.24) is 62.1 Å². The monoisotopic (exact) mass is 1550 g/mol. The summed E-state index contributed by atoms with van der Waals surface area (Å²) in [5, 5.41) is 50.2. The first-order valence-electron chi connectivity index (χ1n) is 37.1. The number of hydrogen-bond acceptors (Lipinski definition) is 25. The zero-order valence-electron chi connectivity index (χ0n) is 64.2. The largest absolute Gasteiger partial charge is 0.480 e. The van der Waals surface area contributed by atoms with E-state index < -0.39 is 47.6 Å². The Morgan fingerprint density at radius 1 is 0.352 bits per heavy atom. The fourth-order valence-electron chi connectivity index (χ4n) is 9.58. The number of nitrogens with one attached hydrogen (secondary N) is 8. The van der Waals surface area contributed by atoms with Crippen LogP contribution in [0.3, 0.4) is 0 Å². The Morgan fingerprint density at radius 3 is 0.954 bits per heavy atom. The zero-order valence-corrected chi connectivity index (χ0v) is 64.2. The molecule has 0 aromatic heterocycles. The van der Waals surface area contributed by atoms with Crippen molar-refractivity contribution in [1.29, 1.82) is 0 Å². The molecule has 0 bridgehead atoms. The van der Waals surface area contributed by atoms with Gasteiger partial charge in [0.05, 0.1) is 105 Å². The number of rotatable bonds is 63. The summed E-state index contributed by atoms with van der Waals surface area (Å²) >= 11 is 0. The molecule has 1 heterocycles. The molecule has 0 unspecified atom stereocenters. The van der Waals surface area contributed by atoms with Gasteiger partial charge >= 0.3 is 17.9 Å². The Morgan fingerprint density at radius 2 is 0.620 bits per heavy atom. The third-order valence-corrected chi connectivity index (χ3v) is 15.5. The standard InChI is InChI=1S/C65H118N14O24.C3H4.C2H6/c1-50(63(66)93)10-3-6-16-69-56(83)46-100-38-36-98-32-20-72-57(84)47-101-39-34-96-30-18-70-54(81)14-9-13-53(80)68-15-8-5-12-52(65(95)74-17-7-4-11-51(2)64(67)94)75-59(86)49-103-41-37-99-33-21-73-58(85)48-102-40-35-97-31-19-71-55(82)42-76-22-24-77(43-60(87)88)26-28-79(45-62(91)92)29-27-78(25-23-76)44-61(89)90;1-3-2;1-2/h50-52H,3-49H2,1-2H3,(H2,66,93)(H2,67,94)(H,68,80)(H,69,83)(H,70,81)(H,71,82)(H,72,84)(H,73,85)(H,74,95)(H,75,86)(H,87,88)(H,89,90)(H,91,92);1-2H2;1-2H3/t50-,51-,52-;;/m0../s1. The molecule has 0 aromatic rings. The van der Waals surface area contributed by atoms with Crippen LogP contribution in [0.15, 0.2) is 18.9 Å². The molecule has 1 fully saturated rings. The highest BCUT2D eigenvalue weighted by Gasteiger charge is 2.24. The lowest BCUT2D eigenvalue weighted by atomic mass is 10.0. The number of ether oxygens (including phenoxy) is 8. The van der Waals surface area contributed by atoms with Gasteiger partial charge in [0.15, 0.2) is 0 Å². The minimum atomic E-state index is -1.05. The highest BCUT2D eigenvalue weighted by Crippen LogP contribution is 2.09. The van der Waals surface area contributed by atoms with Crippen molar-refractivity contribution >= 4 is 77.0 Å². The molecule has 1 aliphatic rings. The number of amides is 10. The van der Waals surface area contributed by atoms with Crippen molar-refractivity contribution in [3.63, 3.8) is 0 Å². The molecule has 38 heteroatoms. The Bertz CT molecular complexity index is 2530. The maximum Gasteiger partial charge on any atom is 0.317 e. The molecule has 1 aliphatic heterocycles. The lowest BCUT2D eigenvalue weighted by molar-refractivity contribution is -0.140. The van der Waals surface area contributed by atoms with Crippen LogP contribution in [-0.4, -0.2) is 348 Å². The van der Waals surface area contributed by atoms with E-state index in [4.69, 9.17) is 49.4 Å². The van der Waals surface area contributed by atoms with Crippen LogP contribution < -0.4 is 54.0 Å². The summed E-state index contributed by atoms with van der Waals surface area (Å²) in [5.41, 5.74) is 12.8. The molecule has 0 saturated carbocycles. The number of carboxylic acid groups (broad SMARTS) is 3. The molecule has 1 rings (SSSR count). The lowest BCUT2D eigenvalue weighted by Crippen LogP contribution is -2.50. The van der Waals surface area contributed by atoms with E-state index >= 15 is 0 Å². The molecular formula is C70H128N14O24. The number of primary amides is 2. The van der Waals surface area contributed by atoms with Gasteiger partial charge in [0, 0.05) is 123 Å². The van der Waals surface area contributed by atoms with Gasteiger partial charge in [-0.2, -0.15) is 0 Å². The first-order chi connectivity index (χ1) is 51.8. The molecule has 0 spiro atoms. The summed E-state index contributed by atoms with van der Waals surface area (Å²) in [5.74, 6) is -7.15. The fourth-order valence-corrected chi connectivity index (χ4v) is 9.58. The predicted octanol–water partition coefficient (Wildman–Crippen LogP) is -3.20. The van der Waals surface area contributed by atoms with Crippen LogP contribution in [-0.2, 0) is 100 Å². The van der Waals surface area contributed by atoms with E-state index in [1.165, 1.54) is 0 Å². The number of unbranched alkanes of at least 4 members (excludes halogenated alkanes) is 3. The summed E-state index contributed by atoms with van der Waals surface area (Å²) in [4.78, 5) is 164. The van der Waals surface area contributed by atoms with Crippen molar-refractivity contribution in [3.8, 4) is 0 Å². The van der Waals surface area contributed by atoms with Gasteiger partial charge in [0.25, 0.3) is 0 Å². The molecule has 15 N–H and O–H groups in total. The zero-order chi connectivity index (χ0) is 80.8. The van der Waals surface area contributed by atoms with Crippen LogP contribution >= 0.6 is 0 Å². The summed E-state index contributed by atoms with van der Waals surface area (Å²) in [6, 6.07) is -0.903. The Kier molecular flexibility index (Phi) is 67.0. The minimum Gasteiger partial charge on any atom is -0.480 e. The topological polar surface area (TPSA) is 518 Å². The Hall–Kier alpha value is -7.85. The first-order valence-corrected chi connectivity index (χ1v) is 37.1. The molecule has 38 nitrogen and oxygen atoms in total. The van der Waals surface area contributed by atoms with Crippen molar-refractivity contribution in [2.75, 3.05) is 230 Å². The summed E-state index contributed by atoms with van der Waals surface area (Å²) < 4.78 is 43.3. The SMILES string of the molecule is C=C=C.CC.C[C@@H](CCCCNC(=O)COCCOCCNC(=O)COCCOCCNC(=O)CCCC(=O)NCCCC[C@H](NC(=O)COCCOCCNC(=O)COCCOCCNC(=O)CN1CCN(CC(=O)O)CCN(CC(=O)O)CCN(CC(=O)O)CC1)C(=O)NCCCC[C@H](C)C(N)=O)C(N)=O. The molecule has 0 radical (unpaired) electrons. The van der Waals surface area contributed by atoms with E-state index in [-0.39, 0.29) is 264 Å². The van der Waals surface area contributed by atoms with Crippen molar-refractivity contribution in [3.05, 3.63) is 18.9 Å². The van der Waals surface area contributed by atoms with Gasteiger partial charge in [-0.15, -0.1) is 5.73 Å². The van der Waals surface area contributed by atoms with Gasteiger partial charge in [-0.05, 0) is 51.4 Å². The number of nitrogens with zero attached hydrogens (tertiary/aromatic N) is 4. The number of nitrogens with two attached hydrogens (primary N) is 2. The second-order valence-corrected chi connectivity index (χ2v) is 24.7. The van der Waals surface area contributed by atoms with Gasteiger partial charge in [-0.25, -0.2) is 0 Å². The number of carbonyl (C=O) groups excluding carboxylic acids is 10. The number of carboxylic acids is 3. The number of aliphatic carboxylic acids is 3. The van der Waals surface area contributed by atoms with Crippen LogP contribution in [0.5, 0.6) is 0 Å². The fraction of sp³-hybridized carbons (Fsp3) is 0.771. The third kappa shape index (κ3) is 66.4. The van der Waals surface area contributed by atoms with Crippen LogP contribution in [0.1, 0.15) is 105 Å². The van der Waals surface area contributed by atoms with Gasteiger partial charge in [-0.3, -0.25) is 81.9 Å². The molecular weight excluding hydrogens is 1420 g/mol. The molecule has 3 atom stereocenters. The molecule has 622 valence electrons. The van der Waals surface area contributed by atoms with E-state index in [9.17, 15) is 77.6 Å². The maximum atomic E-state index is 13.2. The second-order valence-electron chi connectivity index (χ2n) is 24.7. The van der Waals surface area contributed by atoms with Crippen LogP contribution in [0.4, 0.5) is 0 Å². The third-order valence-electron chi connectivity index (χ3n) is 15.5. The highest BCUT2D eigenvalue weighted by molar-refractivity contribution is 5.88. The summed E-state index contributed by atoms with van der Waals surface area (Å²) in [7, 11) is 0. The van der Waals surface area contributed by atoms with Gasteiger partial charge < -0.3 is 107 Å².